The van der Waals surface area contributed by atoms with Gasteiger partial charge in [-0.3, -0.25) is 4.90 Å². The largest absolute Gasteiger partial charge is 0.376 e. The molecule has 3 heteroatoms. The maximum atomic E-state index is 5.21. The van der Waals surface area contributed by atoms with E-state index in [9.17, 15) is 0 Å². The van der Waals surface area contributed by atoms with Gasteiger partial charge in [-0.25, -0.2) is 0 Å². The molecule has 1 aliphatic heterocycles. The van der Waals surface area contributed by atoms with Crippen LogP contribution in [0, 0.1) is 6.92 Å². The molecule has 3 nitrogen and oxygen atoms in total. The Balaban J connectivity index is 2.34. The highest BCUT2D eigenvalue weighted by Gasteiger charge is 2.19. The van der Waals surface area contributed by atoms with Crippen LogP contribution in [0.3, 0.4) is 0 Å². The van der Waals surface area contributed by atoms with E-state index in [-0.39, 0.29) is 6.23 Å². The van der Waals surface area contributed by atoms with Crippen LogP contribution in [0.15, 0.2) is 0 Å². The van der Waals surface area contributed by atoms with Crippen molar-refractivity contribution in [3.05, 3.63) is 6.92 Å². The smallest absolute Gasteiger partial charge is 0.133 e. The van der Waals surface area contributed by atoms with E-state index in [1.165, 1.54) is 0 Å². The summed E-state index contributed by atoms with van der Waals surface area (Å²) < 4.78 is 10.4. The molecule has 1 fully saturated rings. The highest BCUT2D eigenvalue weighted by atomic mass is 16.5. The second-order valence-electron chi connectivity index (χ2n) is 2.30. The Morgan fingerprint density at radius 3 is 3.10 bits per heavy atom. The fourth-order valence-electron chi connectivity index (χ4n) is 1.09. The average Bonchev–Trinajstić information content (AvgIpc) is 2.04. The van der Waals surface area contributed by atoms with E-state index in [1.807, 2.05) is 0 Å². The molecule has 1 radical (unpaired) electrons. The van der Waals surface area contributed by atoms with E-state index in [0.29, 0.717) is 6.61 Å². The molecule has 1 aliphatic rings. The topological polar surface area (TPSA) is 21.7 Å². The Kier molecular flexibility index (Phi) is 3.12. The van der Waals surface area contributed by atoms with Crippen molar-refractivity contribution in [2.75, 3.05) is 33.4 Å². The lowest BCUT2D eigenvalue weighted by atomic mass is 10.4. The molecule has 0 aromatic rings. The Morgan fingerprint density at radius 2 is 2.60 bits per heavy atom. The Labute approximate surface area is 61.9 Å². The van der Waals surface area contributed by atoms with Crippen molar-refractivity contribution in [2.45, 2.75) is 6.23 Å². The molecule has 1 rings (SSSR count). The van der Waals surface area contributed by atoms with E-state index in [0.717, 1.165) is 19.7 Å². The number of nitrogens with zero attached hydrogens (tertiary/aromatic N) is 1. The summed E-state index contributed by atoms with van der Waals surface area (Å²) >= 11 is 0. The fraction of sp³-hybridized carbons (Fsp3) is 0.857. The molecule has 10 heavy (non-hydrogen) atoms. The first-order valence-corrected chi connectivity index (χ1v) is 3.52. The maximum Gasteiger partial charge on any atom is 0.133 e. The molecule has 0 aromatic heterocycles. The third kappa shape index (κ3) is 1.68. The molecule has 0 aromatic carbocycles. The van der Waals surface area contributed by atoms with Crippen LogP contribution in [0.4, 0.5) is 0 Å². The van der Waals surface area contributed by atoms with Gasteiger partial charge in [0.05, 0.1) is 13.2 Å². The highest BCUT2D eigenvalue weighted by Crippen LogP contribution is 2.05. The number of hydrogen-bond acceptors (Lipinski definition) is 3. The summed E-state index contributed by atoms with van der Waals surface area (Å²) in [5.41, 5.74) is 0. The van der Waals surface area contributed by atoms with Gasteiger partial charge >= 0.3 is 0 Å². The van der Waals surface area contributed by atoms with Gasteiger partial charge in [0.25, 0.3) is 0 Å². The van der Waals surface area contributed by atoms with Crippen molar-refractivity contribution < 1.29 is 9.47 Å². The number of methoxy groups -OCH3 is 1. The molecule has 1 unspecified atom stereocenters. The normalized spacial score (nSPS) is 28.8. The lowest BCUT2D eigenvalue weighted by molar-refractivity contribution is -0.119. The summed E-state index contributed by atoms with van der Waals surface area (Å²) in [4.78, 5) is 2.16. The minimum atomic E-state index is 0.117. The number of ether oxygens (including phenoxy) is 2. The van der Waals surface area contributed by atoms with Gasteiger partial charge < -0.3 is 9.47 Å². The maximum absolute atomic E-state index is 5.21. The Bertz CT molecular complexity index is 85.6. The summed E-state index contributed by atoms with van der Waals surface area (Å²) in [7, 11) is 1.70. The zero-order valence-electron chi connectivity index (χ0n) is 6.38. The number of morpholine rings is 1. The van der Waals surface area contributed by atoms with Crippen molar-refractivity contribution in [3.8, 4) is 0 Å². The second-order valence-corrected chi connectivity index (χ2v) is 2.30. The van der Waals surface area contributed by atoms with Crippen LogP contribution in [0.25, 0.3) is 0 Å². The molecule has 0 bridgehead atoms. The van der Waals surface area contributed by atoms with Crippen molar-refractivity contribution in [2.24, 2.45) is 0 Å². The Hall–Kier alpha value is -0.120. The average molecular weight is 144 g/mol. The van der Waals surface area contributed by atoms with Crippen molar-refractivity contribution in [1.82, 2.24) is 4.90 Å². The van der Waals surface area contributed by atoms with E-state index in [1.54, 1.807) is 7.11 Å². The molecule has 0 amide bonds. The lowest BCUT2D eigenvalue weighted by Crippen LogP contribution is -2.46. The van der Waals surface area contributed by atoms with Crippen molar-refractivity contribution in [1.29, 1.82) is 0 Å². The quantitative estimate of drug-likeness (QED) is 0.549. The van der Waals surface area contributed by atoms with Gasteiger partial charge in [-0.1, -0.05) is 0 Å². The van der Waals surface area contributed by atoms with Crippen LogP contribution in [-0.2, 0) is 9.47 Å². The standard InChI is InChI=1S/C7H14NO2/c1-3-8-4-5-10-6-7(8)9-2/h7H,1,3-6H2,2H3. The SMILES string of the molecule is [CH2]CN1CCOCC1OC. The summed E-state index contributed by atoms with van der Waals surface area (Å²) in [6.07, 6.45) is 0.117. The molecule has 59 valence electrons. The Morgan fingerprint density at radius 1 is 1.80 bits per heavy atom. The predicted octanol–water partition coefficient (Wildman–Crippen LogP) is 0.125. The first kappa shape index (κ1) is 7.98. The molecule has 0 aliphatic carbocycles. The molecule has 0 saturated carbocycles. The second kappa shape index (κ2) is 3.91. The zero-order valence-corrected chi connectivity index (χ0v) is 6.38. The third-order valence-corrected chi connectivity index (χ3v) is 1.75. The third-order valence-electron chi connectivity index (χ3n) is 1.75. The van der Waals surface area contributed by atoms with E-state index in [2.05, 4.69) is 11.8 Å². The van der Waals surface area contributed by atoms with Crippen LogP contribution in [-0.4, -0.2) is 44.5 Å². The van der Waals surface area contributed by atoms with Crippen LogP contribution in [0.1, 0.15) is 0 Å². The van der Waals surface area contributed by atoms with Gasteiger partial charge in [0, 0.05) is 20.2 Å². The monoisotopic (exact) mass is 144 g/mol. The number of hydrogen-bond donors (Lipinski definition) is 0. The minimum Gasteiger partial charge on any atom is -0.376 e. The van der Waals surface area contributed by atoms with E-state index < -0.39 is 0 Å². The van der Waals surface area contributed by atoms with Crippen LogP contribution in [0.2, 0.25) is 0 Å². The molecule has 1 heterocycles. The summed E-state index contributed by atoms with van der Waals surface area (Å²) in [5.74, 6) is 0. The molecule has 1 atom stereocenters. The van der Waals surface area contributed by atoms with Gasteiger partial charge in [0.15, 0.2) is 0 Å². The van der Waals surface area contributed by atoms with Gasteiger partial charge in [0.2, 0.25) is 0 Å². The summed E-state index contributed by atoms with van der Waals surface area (Å²) in [6, 6.07) is 0. The number of rotatable bonds is 2. The summed E-state index contributed by atoms with van der Waals surface area (Å²) in [6.45, 7) is 7.00. The van der Waals surface area contributed by atoms with Crippen LogP contribution in [0.5, 0.6) is 0 Å². The molecule has 0 spiro atoms. The van der Waals surface area contributed by atoms with Crippen LogP contribution < -0.4 is 0 Å². The van der Waals surface area contributed by atoms with Gasteiger partial charge in [-0.2, -0.15) is 0 Å². The fourth-order valence-corrected chi connectivity index (χ4v) is 1.09. The van der Waals surface area contributed by atoms with Crippen molar-refractivity contribution in [3.63, 3.8) is 0 Å². The van der Waals surface area contributed by atoms with Gasteiger partial charge in [-0.05, 0) is 6.92 Å². The molecule has 0 N–H and O–H groups in total. The van der Waals surface area contributed by atoms with Gasteiger partial charge in [-0.15, -0.1) is 0 Å². The van der Waals surface area contributed by atoms with E-state index in [4.69, 9.17) is 9.47 Å². The zero-order chi connectivity index (χ0) is 7.40. The molecule has 1 saturated heterocycles. The predicted molar refractivity (Wildman–Crippen MR) is 38.5 cm³/mol. The highest BCUT2D eigenvalue weighted by molar-refractivity contribution is 4.67. The van der Waals surface area contributed by atoms with Crippen LogP contribution >= 0.6 is 0 Å². The lowest BCUT2D eigenvalue weighted by Gasteiger charge is -2.33. The first-order valence-electron chi connectivity index (χ1n) is 3.52. The van der Waals surface area contributed by atoms with E-state index >= 15 is 0 Å². The molecular weight excluding hydrogens is 130 g/mol. The first-order chi connectivity index (χ1) is 4.88. The van der Waals surface area contributed by atoms with Crippen molar-refractivity contribution >= 4 is 0 Å². The summed E-state index contributed by atoms with van der Waals surface area (Å²) in [5, 5.41) is 0. The minimum absolute atomic E-state index is 0.117. The van der Waals surface area contributed by atoms with Gasteiger partial charge in [0.1, 0.15) is 6.23 Å². The molecular formula is C7H14NO2.